The molecule has 0 radical (unpaired) electrons. The molecule has 0 N–H and O–H groups in total. The van der Waals surface area contributed by atoms with Gasteiger partial charge in [-0.2, -0.15) is 0 Å². The van der Waals surface area contributed by atoms with E-state index in [-0.39, 0.29) is 35.5 Å². The molecule has 1 saturated carbocycles. The van der Waals surface area contributed by atoms with Gasteiger partial charge in [-0.15, -0.1) is 0 Å². The number of benzene rings is 1. The third-order valence-corrected chi connectivity index (χ3v) is 5.85. The molecule has 3 nitrogen and oxygen atoms in total. The summed E-state index contributed by atoms with van der Waals surface area (Å²) in [6, 6.07) is 4.09. The Morgan fingerprint density at radius 2 is 1.33 bits per heavy atom. The Labute approximate surface area is 143 Å². The van der Waals surface area contributed by atoms with Gasteiger partial charge in [-0.05, 0) is 45.7 Å². The Kier molecular flexibility index (Phi) is 3.15. The van der Waals surface area contributed by atoms with Crippen LogP contribution in [0.1, 0.15) is 30.5 Å². The molecule has 4 rings (SSSR count). The van der Waals surface area contributed by atoms with Crippen molar-refractivity contribution in [1.82, 2.24) is 0 Å². The van der Waals surface area contributed by atoms with Crippen molar-refractivity contribution in [1.29, 1.82) is 0 Å². The van der Waals surface area contributed by atoms with Gasteiger partial charge in [0.2, 0.25) is 11.8 Å². The van der Waals surface area contributed by atoms with Gasteiger partial charge in [0.1, 0.15) is 0 Å². The molecule has 0 unspecified atom stereocenters. The molecule has 24 heavy (non-hydrogen) atoms. The van der Waals surface area contributed by atoms with Gasteiger partial charge in [0.05, 0.1) is 17.5 Å². The highest BCUT2D eigenvalue weighted by molar-refractivity contribution is 6.24. The van der Waals surface area contributed by atoms with Gasteiger partial charge in [-0.25, -0.2) is 4.90 Å². The Morgan fingerprint density at radius 1 is 0.875 bits per heavy atom. The molecule has 2 bridgehead atoms. The largest absolute Gasteiger partial charge is 0.274 e. The molecule has 2 amide bonds. The molecule has 3 aliphatic rings. The van der Waals surface area contributed by atoms with E-state index in [9.17, 15) is 9.59 Å². The molecule has 1 heterocycles. The van der Waals surface area contributed by atoms with Crippen LogP contribution >= 0.6 is 0 Å². The van der Waals surface area contributed by atoms with E-state index in [0.717, 1.165) is 22.4 Å². The number of nitrogens with zero attached hydrogens (tertiary/aromatic N) is 1. The lowest BCUT2D eigenvalue weighted by Gasteiger charge is -2.23. The van der Waals surface area contributed by atoms with Gasteiger partial charge >= 0.3 is 0 Å². The van der Waals surface area contributed by atoms with Gasteiger partial charge in [-0.1, -0.05) is 41.0 Å². The summed E-state index contributed by atoms with van der Waals surface area (Å²) in [6.45, 7) is 10.2. The van der Waals surface area contributed by atoms with Crippen LogP contribution in [-0.2, 0) is 9.59 Å². The highest BCUT2D eigenvalue weighted by Crippen LogP contribution is 2.57. The first-order valence-electron chi connectivity index (χ1n) is 8.64. The molecule has 0 aromatic heterocycles. The molecule has 1 aliphatic heterocycles. The van der Waals surface area contributed by atoms with E-state index >= 15 is 0 Å². The van der Waals surface area contributed by atoms with Crippen LogP contribution in [-0.4, -0.2) is 11.8 Å². The lowest BCUT2D eigenvalue weighted by molar-refractivity contribution is -0.123. The maximum absolute atomic E-state index is 13.2. The Morgan fingerprint density at radius 3 is 1.75 bits per heavy atom. The second-order valence-electron chi connectivity index (χ2n) is 7.70. The number of anilines is 1. The Hall–Kier alpha value is -2.16. The van der Waals surface area contributed by atoms with E-state index in [1.807, 2.05) is 32.9 Å². The number of fused-ring (bicyclic) bond motifs is 5. The van der Waals surface area contributed by atoms with Crippen molar-refractivity contribution in [3.63, 3.8) is 0 Å². The Bertz CT molecular complexity index is 784. The minimum absolute atomic E-state index is 0.0179. The third-order valence-electron chi connectivity index (χ3n) is 5.85. The first-order chi connectivity index (χ1) is 11.3. The summed E-state index contributed by atoms with van der Waals surface area (Å²) < 4.78 is 0. The summed E-state index contributed by atoms with van der Waals surface area (Å²) >= 11 is 0. The van der Waals surface area contributed by atoms with Crippen LogP contribution in [0.2, 0.25) is 0 Å². The first-order valence-corrected chi connectivity index (χ1v) is 8.64. The van der Waals surface area contributed by atoms with Gasteiger partial charge in [0.15, 0.2) is 0 Å². The zero-order chi connectivity index (χ0) is 17.3. The first kappa shape index (κ1) is 15.4. The number of aryl methyl sites for hydroxylation is 3. The quantitative estimate of drug-likeness (QED) is 0.581. The maximum atomic E-state index is 13.2. The van der Waals surface area contributed by atoms with Crippen molar-refractivity contribution < 1.29 is 9.59 Å². The van der Waals surface area contributed by atoms with E-state index in [1.165, 1.54) is 16.0 Å². The lowest BCUT2D eigenvalue weighted by atomic mass is 9.85. The molecule has 1 aromatic carbocycles. The van der Waals surface area contributed by atoms with Crippen molar-refractivity contribution in [2.75, 3.05) is 4.90 Å². The molecule has 2 fully saturated rings. The number of amides is 2. The molecule has 1 saturated heterocycles. The van der Waals surface area contributed by atoms with Gasteiger partial charge in [0.25, 0.3) is 0 Å². The van der Waals surface area contributed by atoms with E-state index in [2.05, 4.69) is 26.0 Å². The number of imide groups is 1. The predicted molar refractivity (Wildman–Crippen MR) is 94.6 cm³/mol. The van der Waals surface area contributed by atoms with E-state index < -0.39 is 0 Å². The van der Waals surface area contributed by atoms with Gasteiger partial charge in [0, 0.05) is 11.8 Å². The van der Waals surface area contributed by atoms with Gasteiger partial charge in [-0.3, -0.25) is 9.59 Å². The molecule has 3 heteroatoms. The minimum atomic E-state index is -0.211. The van der Waals surface area contributed by atoms with Crippen LogP contribution in [0.4, 0.5) is 5.69 Å². The summed E-state index contributed by atoms with van der Waals surface area (Å²) in [5.74, 6) is -0.240. The van der Waals surface area contributed by atoms with Crippen molar-refractivity contribution in [3.05, 3.63) is 52.1 Å². The number of rotatable bonds is 1. The molecule has 4 atom stereocenters. The SMILES string of the molecule is CC(C)=C1[C@@H]2C=C[C@@H]1[C@@H]1C(=O)N(c3c(C)cc(C)cc3C)C(=O)[C@H]12. The van der Waals surface area contributed by atoms with Crippen molar-refractivity contribution >= 4 is 17.5 Å². The van der Waals surface area contributed by atoms with E-state index in [0.29, 0.717) is 0 Å². The van der Waals surface area contributed by atoms with Crippen LogP contribution in [0, 0.1) is 44.4 Å². The van der Waals surface area contributed by atoms with E-state index in [1.54, 1.807) is 0 Å². The lowest BCUT2D eigenvalue weighted by Crippen LogP contribution is -2.34. The van der Waals surface area contributed by atoms with Crippen molar-refractivity contribution in [3.8, 4) is 0 Å². The average molecular weight is 321 g/mol. The monoisotopic (exact) mass is 321 g/mol. The summed E-state index contributed by atoms with van der Waals surface area (Å²) in [6.07, 6.45) is 4.27. The minimum Gasteiger partial charge on any atom is -0.274 e. The molecule has 0 spiro atoms. The van der Waals surface area contributed by atoms with Gasteiger partial charge < -0.3 is 0 Å². The fourth-order valence-electron chi connectivity index (χ4n) is 5.18. The summed E-state index contributed by atoms with van der Waals surface area (Å²) in [7, 11) is 0. The highest BCUT2D eigenvalue weighted by atomic mass is 16.2. The Balaban J connectivity index is 1.82. The smallest absolute Gasteiger partial charge is 0.238 e. The zero-order valence-electron chi connectivity index (χ0n) is 14.9. The number of carbonyl (C=O) groups excluding carboxylic acids is 2. The molecular formula is C21H23NO2. The normalized spacial score (nSPS) is 30.5. The number of hydrogen-bond donors (Lipinski definition) is 0. The van der Waals surface area contributed by atoms with Crippen LogP contribution < -0.4 is 4.90 Å². The molecule has 124 valence electrons. The van der Waals surface area contributed by atoms with Crippen LogP contribution in [0.5, 0.6) is 0 Å². The third kappa shape index (κ3) is 1.78. The van der Waals surface area contributed by atoms with Crippen molar-refractivity contribution in [2.45, 2.75) is 34.6 Å². The predicted octanol–water partition coefficient (Wildman–Crippen LogP) is 3.87. The van der Waals surface area contributed by atoms with E-state index in [4.69, 9.17) is 0 Å². The second kappa shape index (κ2) is 4.92. The average Bonchev–Trinajstić information content (AvgIpc) is 3.11. The fraction of sp³-hybridized carbons (Fsp3) is 0.429. The van der Waals surface area contributed by atoms with Crippen LogP contribution in [0.15, 0.2) is 35.4 Å². The number of allylic oxidation sites excluding steroid dienone is 4. The summed E-state index contributed by atoms with van der Waals surface area (Å²) in [4.78, 5) is 27.9. The summed E-state index contributed by atoms with van der Waals surface area (Å²) in [5.41, 5.74) is 6.49. The second-order valence-corrected chi connectivity index (χ2v) is 7.70. The standard InChI is InChI=1S/C21H23NO2/c1-10(2)16-14-6-7-15(16)18-17(14)20(23)22(21(18)24)19-12(4)8-11(3)9-13(19)5/h6-9,14-15,17-18H,1-5H3/t14-,15-,17-,18-/m0/s1. The number of hydrogen-bond acceptors (Lipinski definition) is 2. The maximum Gasteiger partial charge on any atom is 0.238 e. The molecule has 2 aliphatic carbocycles. The molecular weight excluding hydrogens is 298 g/mol. The van der Waals surface area contributed by atoms with Crippen LogP contribution in [0.3, 0.4) is 0 Å². The van der Waals surface area contributed by atoms with Crippen LogP contribution in [0.25, 0.3) is 0 Å². The zero-order valence-corrected chi connectivity index (χ0v) is 14.9. The fourth-order valence-corrected chi connectivity index (χ4v) is 5.18. The molecule has 1 aromatic rings. The summed E-state index contributed by atoms with van der Waals surface area (Å²) in [5, 5.41) is 0. The highest BCUT2D eigenvalue weighted by Gasteiger charge is 2.62. The van der Waals surface area contributed by atoms with Crippen molar-refractivity contribution in [2.24, 2.45) is 23.7 Å². The topological polar surface area (TPSA) is 37.4 Å². The number of carbonyl (C=O) groups is 2.